The van der Waals surface area contributed by atoms with E-state index in [-0.39, 0.29) is 37.2 Å². The average Bonchev–Trinajstić information content (AvgIpc) is 2.44. The van der Waals surface area contributed by atoms with Crippen LogP contribution in [0.2, 0.25) is 0 Å². The molecule has 0 aliphatic heterocycles. The fourth-order valence-corrected chi connectivity index (χ4v) is 1.63. The van der Waals surface area contributed by atoms with Gasteiger partial charge in [-0.15, -0.1) is 0 Å². The molecule has 2 N–H and O–H groups in total. The van der Waals surface area contributed by atoms with Gasteiger partial charge < -0.3 is 9.47 Å². The number of carbonyl (C=O) groups is 2. The third kappa shape index (κ3) is 8.87. The number of nitrogens with one attached hydrogen (secondary N) is 2. The van der Waals surface area contributed by atoms with E-state index in [0.717, 1.165) is 13.1 Å². The highest BCUT2D eigenvalue weighted by Gasteiger charge is 2.15. The highest BCUT2D eigenvalue weighted by Crippen LogP contribution is 2.03. The predicted octanol–water partition coefficient (Wildman–Crippen LogP) is 1.54. The molecule has 0 rings (SSSR count). The number of carbonyl (C=O) groups excluding carboxylic acids is 2. The summed E-state index contributed by atoms with van der Waals surface area (Å²) >= 11 is 0. The van der Waals surface area contributed by atoms with Crippen LogP contribution in [0.1, 0.15) is 53.4 Å². The molecule has 6 nitrogen and oxygen atoms in total. The van der Waals surface area contributed by atoms with Crippen LogP contribution in [0.3, 0.4) is 0 Å². The van der Waals surface area contributed by atoms with Crippen LogP contribution in [-0.4, -0.2) is 37.5 Å². The highest BCUT2D eigenvalue weighted by atomic mass is 16.6. The van der Waals surface area contributed by atoms with E-state index >= 15 is 0 Å². The Morgan fingerprint density at radius 3 is 1.40 bits per heavy atom. The van der Waals surface area contributed by atoms with Crippen molar-refractivity contribution in [1.82, 2.24) is 10.6 Å². The van der Waals surface area contributed by atoms with Crippen LogP contribution < -0.4 is 10.6 Å². The minimum absolute atomic E-state index is 0.0449. The second-order valence-corrected chi connectivity index (χ2v) is 4.39. The Morgan fingerprint density at radius 1 is 0.800 bits per heavy atom. The van der Waals surface area contributed by atoms with Gasteiger partial charge in [-0.2, -0.15) is 0 Å². The summed E-state index contributed by atoms with van der Waals surface area (Å²) in [6, 6.07) is 0. The lowest BCUT2D eigenvalue weighted by Crippen LogP contribution is -2.34. The third-order valence-electron chi connectivity index (χ3n) is 2.69. The molecular formula is C14H28N2O4. The zero-order valence-corrected chi connectivity index (χ0v) is 13.0. The largest absolute Gasteiger partial charge is 0.447 e. The van der Waals surface area contributed by atoms with Crippen LogP contribution in [0.4, 0.5) is 0 Å². The minimum atomic E-state index is -0.383. The molecule has 0 saturated carbocycles. The first-order valence-corrected chi connectivity index (χ1v) is 7.42. The fraction of sp³-hybridized carbons (Fsp3) is 0.857. The summed E-state index contributed by atoms with van der Waals surface area (Å²) in [4.78, 5) is 23.2. The first-order chi connectivity index (χ1) is 9.57. The van der Waals surface area contributed by atoms with E-state index in [0.29, 0.717) is 12.8 Å². The predicted molar refractivity (Wildman–Crippen MR) is 76.9 cm³/mol. The van der Waals surface area contributed by atoms with E-state index in [9.17, 15) is 9.59 Å². The van der Waals surface area contributed by atoms with Gasteiger partial charge in [-0.3, -0.25) is 20.2 Å². The number of ether oxygens (including phenoxy) is 2. The second-order valence-electron chi connectivity index (χ2n) is 4.39. The first-order valence-electron chi connectivity index (χ1n) is 7.42. The molecule has 6 heteroatoms. The summed E-state index contributed by atoms with van der Waals surface area (Å²) in [5.41, 5.74) is 0. The molecule has 0 amide bonds. The molecule has 0 bridgehead atoms. The van der Waals surface area contributed by atoms with Gasteiger partial charge in [0.15, 0.2) is 12.5 Å². The Kier molecular flexibility index (Phi) is 11.0. The zero-order valence-electron chi connectivity index (χ0n) is 13.0. The van der Waals surface area contributed by atoms with E-state index in [4.69, 9.17) is 9.47 Å². The molecule has 0 aliphatic rings. The molecule has 0 saturated heterocycles. The molecule has 2 atom stereocenters. The van der Waals surface area contributed by atoms with Gasteiger partial charge in [0.25, 0.3) is 0 Å². The van der Waals surface area contributed by atoms with E-state index in [1.165, 1.54) is 0 Å². The van der Waals surface area contributed by atoms with Gasteiger partial charge in [-0.1, -0.05) is 27.7 Å². The molecule has 0 aromatic carbocycles. The average molecular weight is 288 g/mol. The lowest BCUT2D eigenvalue weighted by Gasteiger charge is -2.18. The maximum absolute atomic E-state index is 11.6. The minimum Gasteiger partial charge on any atom is -0.447 e. The SMILES string of the molecule is CCNC(CC)OC(=O)CCC(=O)OC(CC)NCC. The summed E-state index contributed by atoms with van der Waals surface area (Å²) in [7, 11) is 0. The van der Waals surface area contributed by atoms with Gasteiger partial charge in [-0.25, -0.2) is 0 Å². The lowest BCUT2D eigenvalue weighted by atomic mass is 10.3. The normalized spacial score (nSPS) is 13.6. The van der Waals surface area contributed by atoms with Crippen LogP contribution in [0.15, 0.2) is 0 Å². The van der Waals surface area contributed by atoms with Gasteiger partial charge in [-0.05, 0) is 25.9 Å². The van der Waals surface area contributed by atoms with E-state index < -0.39 is 0 Å². The summed E-state index contributed by atoms with van der Waals surface area (Å²) in [5.74, 6) is -0.766. The lowest BCUT2D eigenvalue weighted by molar-refractivity contribution is -0.157. The van der Waals surface area contributed by atoms with Gasteiger partial charge in [0, 0.05) is 0 Å². The van der Waals surface area contributed by atoms with Crippen molar-refractivity contribution in [2.75, 3.05) is 13.1 Å². The third-order valence-corrected chi connectivity index (χ3v) is 2.69. The number of hydrogen-bond donors (Lipinski definition) is 2. The maximum atomic E-state index is 11.6. The van der Waals surface area contributed by atoms with Gasteiger partial charge in [0.2, 0.25) is 0 Å². The molecular weight excluding hydrogens is 260 g/mol. The summed E-state index contributed by atoms with van der Waals surface area (Å²) in [5, 5.41) is 6.08. The molecule has 2 unspecified atom stereocenters. The molecule has 0 radical (unpaired) electrons. The quantitative estimate of drug-likeness (QED) is 0.444. The second kappa shape index (κ2) is 11.7. The summed E-state index contributed by atoms with van der Waals surface area (Å²) < 4.78 is 10.4. The highest BCUT2D eigenvalue weighted by molar-refractivity contribution is 5.77. The zero-order chi connectivity index (χ0) is 15.4. The Labute approximate surface area is 121 Å². The van der Waals surface area contributed by atoms with E-state index in [1.54, 1.807) is 0 Å². The van der Waals surface area contributed by atoms with Crippen molar-refractivity contribution in [3.05, 3.63) is 0 Å². The standard InChI is InChI=1S/C14H28N2O4/c1-5-11(15-7-3)19-13(17)9-10-14(18)20-12(6-2)16-8-4/h11-12,15-16H,5-10H2,1-4H3. The monoisotopic (exact) mass is 288 g/mol. The van der Waals surface area contributed by atoms with Gasteiger partial charge in [0.05, 0.1) is 12.8 Å². The Bertz CT molecular complexity index is 256. The van der Waals surface area contributed by atoms with Crippen LogP contribution in [0.25, 0.3) is 0 Å². The number of rotatable bonds is 11. The topological polar surface area (TPSA) is 76.7 Å². The van der Waals surface area contributed by atoms with E-state index in [1.807, 2.05) is 27.7 Å². The van der Waals surface area contributed by atoms with Crippen molar-refractivity contribution in [3.8, 4) is 0 Å². The van der Waals surface area contributed by atoms with Crippen molar-refractivity contribution in [1.29, 1.82) is 0 Å². The summed E-state index contributed by atoms with van der Waals surface area (Å²) in [6.45, 7) is 9.20. The van der Waals surface area contributed by atoms with Crippen LogP contribution >= 0.6 is 0 Å². The maximum Gasteiger partial charge on any atom is 0.307 e. The molecule has 0 fully saturated rings. The van der Waals surface area contributed by atoms with Gasteiger partial charge >= 0.3 is 11.9 Å². The molecule has 118 valence electrons. The van der Waals surface area contributed by atoms with Crippen molar-refractivity contribution in [2.45, 2.75) is 65.8 Å². The van der Waals surface area contributed by atoms with Crippen molar-refractivity contribution in [3.63, 3.8) is 0 Å². The first kappa shape index (κ1) is 18.9. The molecule has 20 heavy (non-hydrogen) atoms. The smallest absolute Gasteiger partial charge is 0.307 e. The van der Waals surface area contributed by atoms with Crippen LogP contribution in [0, 0.1) is 0 Å². The Morgan fingerprint density at radius 2 is 1.15 bits per heavy atom. The number of esters is 2. The van der Waals surface area contributed by atoms with Crippen molar-refractivity contribution < 1.29 is 19.1 Å². The van der Waals surface area contributed by atoms with Crippen LogP contribution in [-0.2, 0) is 19.1 Å². The Balaban J connectivity index is 3.95. The molecule has 0 spiro atoms. The number of hydrogen-bond acceptors (Lipinski definition) is 6. The van der Waals surface area contributed by atoms with Crippen molar-refractivity contribution >= 4 is 11.9 Å². The molecule has 0 aromatic rings. The summed E-state index contributed by atoms with van der Waals surface area (Å²) in [6.07, 6.45) is 0.916. The van der Waals surface area contributed by atoms with Crippen LogP contribution in [0.5, 0.6) is 0 Å². The molecule has 0 heterocycles. The molecule has 0 aliphatic carbocycles. The fourth-order valence-electron chi connectivity index (χ4n) is 1.63. The van der Waals surface area contributed by atoms with Crippen molar-refractivity contribution in [2.24, 2.45) is 0 Å². The van der Waals surface area contributed by atoms with Gasteiger partial charge in [0.1, 0.15) is 0 Å². The molecule has 0 aromatic heterocycles. The Hall–Kier alpha value is -1.14. The van der Waals surface area contributed by atoms with E-state index in [2.05, 4.69) is 10.6 Å².